The van der Waals surface area contributed by atoms with Gasteiger partial charge in [-0.1, -0.05) is 6.92 Å². The summed E-state index contributed by atoms with van der Waals surface area (Å²) in [5.74, 6) is -3.95. The minimum atomic E-state index is -1.14. The molecular weight excluding hydrogens is 503 g/mol. The molecule has 3 atom stereocenters. The Balaban J connectivity index is 1.51. The normalized spacial score (nSPS) is 20.6. The molecule has 0 aliphatic carbocycles. The average molecular weight is 530 g/mol. The molecule has 2 aliphatic heterocycles. The fourth-order valence-electron chi connectivity index (χ4n) is 4.91. The second-order valence-corrected chi connectivity index (χ2v) is 9.36. The maximum atomic E-state index is 14.8. The van der Waals surface area contributed by atoms with Crippen molar-refractivity contribution in [1.82, 2.24) is 9.97 Å². The Morgan fingerprint density at radius 2 is 1.97 bits per heavy atom. The highest BCUT2D eigenvalue weighted by molar-refractivity contribution is 6.05. The molecule has 1 fully saturated rings. The Morgan fingerprint density at radius 3 is 2.71 bits per heavy atom. The minimum absolute atomic E-state index is 0.137. The number of aromatic nitrogens is 2. The molecule has 1 aromatic carbocycles. The monoisotopic (exact) mass is 529 g/mol. The van der Waals surface area contributed by atoms with Crippen molar-refractivity contribution in [3.05, 3.63) is 59.2 Å². The first-order valence-electron chi connectivity index (χ1n) is 12.0. The van der Waals surface area contributed by atoms with E-state index in [1.54, 1.807) is 0 Å². The molecule has 4 N–H and O–H groups in total. The van der Waals surface area contributed by atoms with Crippen LogP contribution in [0.2, 0.25) is 0 Å². The molecule has 12 heteroatoms. The number of amides is 1. The summed E-state index contributed by atoms with van der Waals surface area (Å²) >= 11 is 0. The van der Waals surface area contributed by atoms with Gasteiger partial charge in [0.2, 0.25) is 5.88 Å². The first kappa shape index (κ1) is 25.7. The third-order valence-corrected chi connectivity index (χ3v) is 6.82. The number of aliphatic hydroxyl groups excluding tert-OH is 1. The number of nitrogens with one attached hydrogen (secondary N) is 1. The lowest BCUT2D eigenvalue weighted by molar-refractivity contribution is 0.0785. The van der Waals surface area contributed by atoms with E-state index in [0.29, 0.717) is 43.4 Å². The van der Waals surface area contributed by atoms with Gasteiger partial charge >= 0.3 is 0 Å². The number of anilines is 2. The third kappa shape index (κ3) is 4.50. The zero-order valence-corrected chi connectivity index (χ0v) is 20.7. The van der Waals surface area contributed by atoms with Crippen molar-refractivity contribution >= 4 is 17.3 Å². The van der Waals surface area contributed by atoms with Crippen LogP contribution in [0.25, 0.3) is 11.3 Å². The summed E-state index contributed by atoms with van der Waals surface area (Å²) < 4.78 is 54.5. The van der Waals surface area contributed by atoms with Gasteiger partial charge in [-0.05, 0) is 24.3 Å². The van der Waals surface area contributed by atoms with E-state index in [0.717, 1.165) is 29.8 Å². The number of rotatable bonds is 5. The van der Waals surface area contributed by atoms with Gasteiger partial charge in [0.05, 0.1) is 43.0 Å². The van der Waals surface area contributed by atoms with Crippen LogP contribution >= 0.6 is 0 Å². The molecule has 2 aliphatic rings. The van der Waals surface area contributed by atoms with Gasteiger partial charge in [0, 0.05) is 37.0 Å². The fourth-order valence-corrected chi connectivity index (χ4v) is 4.91. The summed E-state index contributed by atoms with van der Waals surface area (Å²) in [5, 5.41) is 13.1. The lowest BCUT2D eigenvalue weighted by Crippen LogP contribution is -2.56. The molecule has 2 aromatic heterocycles. The highest BCUT2D eigenvalue weighted by atomic mass is 19.1. The van der Waals surface area contributed by atoms with Crippen molar-refractivity contribution in [2.24, 2.45) is 11.7 Å². The number of nitrogens with two attached hydrogens (primary N) is 1. The highest BCUT2D eigenvalue weighted by Gasteiger charge is 2.35. The highest BCUT2D eigenvalue weighted by Crippen LogP contribution is 2.40. The number of hydrogen-bond donors (Lipinski definition) is 3. The number of fused-ring (bicyclic) bond motifs is 1. The van der Waals surface area contributed by atoms with Crippen LogP contribution in [0.1, 0.15) is 23.0 Å². The maximum absolute atomic E-state index is 14.8. The van der Waals surface area contributed by atoms with Gasteiger partial charge in [0.25, 0.3) is 5.91 Å². The molecule has 1 amide bonds. The number of halogens is 3. The Bertz CT molecular complexity index is 1390. The maximum Gasteiger partial charge on any atom is 0.274 e. The van der Waals surface area contributed by atoms with Crippen LogP contribution in [-0.2, 0) is 6.42 Å². The number of piperidine rings is 1. The molecule has 4 heterocycles. The number of ether oxygens (including phenoxy) is 2. The number of pyridine rings is 2. The van der Waals surface area contributed by atoms with Crippen molar-refractivity contribution in [3.63, 3.8) is 0 Å². The van der Waals surface area contributed by atoms with Gasteiger partial charge in [0.1, 0.15) is 23.0 Å². The average Bonchev–Trinajstić information content (AvgIpc) is 3.37. The standard InChI is InChI=1S/C26H26F3N5O4/c1-12-10-34(11-16(30)24(12)35)23-13-7-8-38-26(13)31-9-18(23)33-25(36)17-5-3-15(28)22(32-17)20-14(27)4-6-19(37-2)21(20)29/h3-6,9,12,16,24,35H,7-8,10-11,30H2,1-2H3,(H,33,36)/t12-,16+,24?/m0/s1. The van der Waals surface area contributed by atoms with E-state index in [4.69, 9.17) is 15.2 Å². The summed E-state index contributed by atoms with van der Waals surface area (Å²) in [6.45, 7) is 3.11. The molecule has 9 nitrogen and oxygen atoms in total. The first-order valence-corrected chi connectivity index (χ1v) is 12.0. The first-order chi connectivity index (χ1) is 18.2. The molecule has 0 radical (unpaired) electrons. The van der Waals surface area contributed by atoms with Crippen LogP contribution in [-0.4, -0.2) is 59.9 Å². The van der Waals surface area contributed by atoms with E-state index in [9.17, 15) is 23.1 Å². The SMILES string of the molecule is COc1ccc(F)c(-c2nc(C(=O)Nc3cnc4c(c3N3C[C@@H](N)C(O)[C@@H](C)C3)CCO4)ccc2F)c1F. The lowest BCUT2D eigenvalue weighted by atomic mass is 9.92. The van der Waals surface area contributed by atoms with Crippen molar-refractivity contribution in [1.29, 1.82) is 0 Å². The van der Waals surface area contributed by atoms with Crippen LogP contribution in [0.4, 0.5) is 24.5 Å². The third-order valence-electron chi connectivity index (χ3n) is 6.82. The fraction of sp³-hybridized carbons (Fsp3) is 0.346. The van der Waals surface area contributed by atoms with E-state index in [1.165, 1.54) is 13.3 Å². The van der Waals surface area contributed by atoms with E-state index in [2.05, 4.69) is 15.3 Å². The minimum Gasteiger partial charge on any atom is -0.494 e. The summed E-state index contributed by atoms with van der Waals surface area (Å²) in [6, 6.07) is 3.52. The Hall–Kier alpha value is -3.90. The summed E-state index contributed by atoms with van der Waals surface area (Å²) in [7, 11) is 1.19. The molecule has 3 aromatic rings. The zero-order chi connectivity index (χ0) is 27.1. The van der Waals surface area contributed by atoms with Gasteiger partial charge in [-0.3, -0.25) is 4.79 Å². The predicted molar refractivity (Wildman–Crippen MR) is 133 cm³/mol. The van der Waals surface area contributed by atoms with Crippen molar-refractivity contribution < 1.29 is 32.5 Å². The van der Waals surface area contributed by atoms with Crippen LogP contribution in [0.15, 0.2) is 30.5 Å². The largest absolute Gasteiger partial charge is 0.494 e. The van der Waals surface area contributed by atoms with E-state index < -0.39 is 46.8 Å². The Morgan fingerprint density at radius 1 is 1.21 bits per heavy atom. The molecule has 1 saturated heterocycles. The number of aliphatic hydroxyl groups is 1. The van der Waals surface area contributed by atoms with Gasteiger partial charge in [0.15, 0.2) is 11.6 Å². The van der Waals surface area contributed by atoms with Gasteiger partial charge in [-0.2, -0.15) is 0 Å². The Labute approximate surface area is 216 Å². The summed E-state index contributed by atoms with van der Waals surface area (Å²) in [6.07, 6.45) is 1.32. The molecular formula is C26H26F3N5O4. The topological polar surface area (TPSA) is 123 Å². The van der Waals surface area contributed by atoms with Crippen LogP contribution in [0.3, 0.4) is 0 Å². The van der Waals surface area contributed by atoms with E-state index >= 15 is 0 Å². The van der Waals surface area contributed by atoms with Crippen LogP contribution < -0.4 is 25.4 Å². The molecule has 5 rings (SSSR count). The predicted octanol–water partition coefficient (Wildman–Crippen LogP) is 2.90. The second-order valence-electron chi connectivity index (χ2n) is 9.36. The van der Waals surface area contributed by atoms with Crippen molar-refractivity contribution in [2.75, 3.05) is 37.0 Å². The molecule has 0 spiro atoms. The number of hydrogen-bond acceptors (Lipinski definition) is 8. The number of nitrogens with zero attached hydrogens (tertiary/aromatic N) is 3. The number of carbonyl (C=O) groups is 1. The molecule has 38 heavy (non-hydrogen) atoms. The number of methoxy groups -OCH3 is 1. The molecule has 1 unspecified atom stereocenters. The molecule has 0 bridgehead atoms. The zero-order valence-electron chi connectivity index (χ0n) is 20.7. The van der Waals surface area contributed by atoms with Crippen molar-refractivity contribution in [3.8, 4) is 22.9 Å². The summed E-state index contributed by atoms with van der Waals surface area (Å²) in [4.78, 5) is 23.5. The number of benzene rings is 1. The Kier molecular flexibility index (Phi) is 6.84. The van der Waals surface area contributed by atoms with Crippen LogP contribution in [0, 0.1) is 23.4 Å². The van der Waals surface area contributed by atoms with Crippen LogP contribution in [0.5, 0.6) is 11.6 Å². The molecule has 200 valence electrons. The van der Waals surface area contributed by atoms with E-state index in [-0.39, 0.29) is 17.4 Å². The van der Waals surface area contributed by atoms with Gasteiger partial charge in [-0.15, -0.1) is 0 Å². The van der Waals surface area contributed by atoms with Crippen molar-refractivity contribution in [2.45, 2.75) is 25.5 Å². The summed E-state index contributed by atoms with van der Waals surface area (Å²) in [5.41, 5.74) is 6.26. The smallest absolute Gasteiger partial charge is 0.274 e. The van der Waals surface area contributed by atoms with Gasteiger partial charge < -0.3 is 30.5 Å². The van der Waals surface area contributed by atoms with E-state index in [1.807, 2.05) is 11.8 Å². The van der Waals surface area contributed by atoms with Gasteiger partial charge in [-0.25, -0.2) is 23.1 Å². The molecule has 0 saturated carbocycles. The quantitative estimate of drug-likeness (QED) is 0.461. The lowest BCUT2D eigenvalue weighted by Gasteiger charge is -2.41. The number of carbonyl (C=O) groups excluding carboxylic acids is 1. The second kappa shape index (κ2) is 10.1.